The number of halogens is 2. The van der Waals surface area contributed by atoms with E-state index in [4.69, 9.17) is 0 Å². The number of anilines is 1. The number of piperidine rings is 1. The van der Waals surface area contributed by atoms with E-state index >= 15 is 0 Å². The van der Waals surface area contributed by atoms with E-state index in [1.165, 1.54) is 12.0 Å². The summed E-state index contributed by atoms with van der Waals surface area (Å²) in [6.07, 6.45) is 4.29. The second-order valence-electron chi connectivity index (χ2n) is 5.02. The average molecular weight is 346 g/mol. The summed E-state index contributed by atoms with van der Waals surface area (Å²) in [5.41, 5.74) is 2.36. The molecule has 104 valence electrons. The Kier molecular flexibility index (Phi) is 4.87. The third-order valence-electron chi connectivity index (χ3n) is 3.82. The third-order valence-corrected chi connectivity index (χ3v) is 4.31. The van der Waals surface area contributed by atoms with Gasteiger partial charge in [0.2, 0.25) is 5.91 Å². The molecule has 0 radical (unpaired) electrons. The highest BCUT2D eigenvalue weighted by atomic mass is 79.9. The van der Waals surface area contributed by atoms with Crippen LogP contribution in [0.1, 0.15) is 24.8 Å². The largest absolute Gasteiger partial charge is 0.310 e. The molecule has 5 heteroatoms. The van der Waals surface area contributed by atoms with Crippen molar-refractivity contribution in [3.63, 3.8) is 0 Å². The predicted octanol–water partition coefficient (Wildman–Crippen LogP) is 2.90. The molecule has 0 aliphatic carbocycles. The number of carbonyl (C=O) groups excluding carboxylic acids is 1. The van der Waals surface area contributed by atoms with E-state index in [-0.39, 0.29) is 24.4 Å². The molecule has 1 unspecified atom stereocenters. The number of benzene rings is 1. The smallest absolute Gasteiger partial charge is 0.244 e. The first kappa shape index (κ1) is 14.8. The summed E-state index contributed by atoms with van der Waals surface area (Å²) in [6, 6.07) is 6.24. The summed E-state index contributed by atoms with van der Waals surface area (Å²) in [5, 5.41) is 3.34. The van der Waals surface area contributed by atoms with Gasteiger partial charge in [-0.1, -0.05) is 28.4 Å². The maximum Gasteiger partial charge on any atom is 0.244 e. The molecule has 0 saturated carbocycles. The number of hydrogen-bond donors (Lipinski definition) is 1. The van der Waals surface area contributed by atoms with Crippen molar-refractivity contribution in [2.24, 2.45) is 0 Å². The van der Waals surface area contributed by atoms with E-state index in [9.17, 15) is 4.79 Å². The zero-order chi connectivity index (χ0) is 12.5. The molecule has 2 aliphatic rings. The van der Waals surface area contributed by atoms with Crippen molar-refractivity contribution in [3.8, 4) is 0 Å². The van der Waals surface area contributed by atoms with E-state index in [1.807, 2.05) is 11.0 Å². The summed E-state index contributed by atoms with van der Waals surface area (Å²) < 4.78 is 1.04. The lowest BCUT2D eigenvalue weighted by Crippen LogP contribution is -2.48. The van der Waals surface area contributed by atoms with Gasteiger partial charge >= 0.3 is 0 Å². The fraction of sp³-hybridized carbons (Fsp3) is 0.500. The van der Waals surface area contributed by atoms with E-state index in [2.05, 4.69) is 33.4 Å². The number of hydrogen-bond acceptors (Lipinski definition) is 2. The maximum atomic E-state index is 12.5. The van der Waals surface area contributed by atoms with Crippen LogP contribution in [0.2, 0.25) is 0 Å². The molecule has 0 aromatic heterocycles. The van der Waals surface area contributed by atoms with Crippen molar-refractivity contribution < 1.29 is 4.79 Å². The van der Waals surface area contributed by atoms with Crippen LogP contribution in [0.15, 0.2) is 22.7 Å². The van der Waals surface area contributed by atoms with Gasteiger partial charge in [-0.15, -0.1) is 12.4 Å². The number of amides is 1. The number of nitrogens with one attached hydrogen (secondary N) is 1. The maximum absolute atomic E-state index is 12.5. The highest BCUT2D eigenvalue weighted by molar-refractivity contribution is 9.10. The van der Waals surface area contributed by atoms with Gasteiger partial charge in [0, 0.05) is 16.7 Å². The lowest BCUT2D eigenvalue weighted by Gasteiger charge is -2.27. The summed E-state index contributed by atoms with van der Waals surface area (Å²) in [4.78, 5) is 14.5. The van der Waals surface area contributed by atoms with E-state index in [0.717, 1.165) is 42.5 Å². The molecule has 1 N–H and O–H groups in total. The van der Waals surface area contributed by atoms with Gasteiger partial charge in [0.1, 0.15) is 0 Å². The molecule has 2 aliphatic heterocycles. The fourth-order valence-electron chi connectivity index (χ4n) is 2.83. The third kappa shape index (κ3) is 2.96. The molecule has 1 fully saturated rings. The molecule has 2 heterocycles. The van der Waals surface area contributed by atoms with Crippen molar-refractivity contribution in [2.75, 3.05) is 18.0 Å². The Morgan fingerprint density at radius 2 is 2.21 bits per heavy atom. The van der Waals surface area contributed by atoms with E-state index in [1.54, 1.807) is 0 Å². The Morgan fingerprint density at radius 3 is 2.95 bits per heavy atom. The molecule has 0 bridgehead atoms. The Balaban J connectivity index is 0.00000133. The number of nitrogens with zero attached hydrogens (tertiary/aromatic N) is 1. The van der Waals surface area contributed by atoms with Gasteiger partial charge in [0.25, 0.3) is 0 Å². The quantitative estimate of drug-likeness (QED) is 0.849. The highest BCUT2D eigenvalue weighted by Crippen LogP contribution is 2.31. The van der Waals surface area contributed by atoms with Crippen molar-refractivity contribution >= 4 is 39.9 Å². The molecule has 1 amide bonds. The second-order valence-corrected chi connectivity index (χ2v) is 5.93. The van der Waals surface area contributed by atoms with Crippen LogP contribution in [-0.2, 0) is 11.2 Å². The van der Waals surface area contributed by atoms with Gasteiger partial charge in [-0.3, -0.25) is 4.79 Å². The summed E-state index contributed by atoms with van der Waals surface area (Å²) >= 11 is 3.48. The first-order valence-corrected chi connectivity index (χ1v) is 7.38. The van der Waals surface area contributed by atoms with E-state index < -0.39 is 0 Å². The predicted molar refractivity (Wildman–Crippen MR) is 83.1 cm³/mol. The van der Waals surface area contributed by atoms with Crippen molar-refractivity contribution in [2.45, 2.75) is 31.7 Å². The van der Waals surface area contributed by atoms with Crippen LogP contribution in [0, 0.1) is 0 Å². The molecule has 3 rings (SSSR count). The zero-order valence-electron chi connectivity index (χ0n) is 10.7. The topological polar surface area (TPSA) is 32.3 Å². The number of rotatable bonds is 1. The van der Waals surface area contributed by atoms with Crippen LogP contribution >= 0.6 is 28.3 Å². The lowest BCUT2D eigenvalue weighted by atomic mass is 10.0. The molecule has 1 aromatic rings. The first-order valence-electron chi connectivity index (χ1n) is 6.59. The second kappa shape index (κ2) is 6.25. The standard InChI is InChI=1S/C14H17BrN2O.ClH/c15-11-5-4-10-6-8-17(13(10)9-11)14(18)12-3-1-2-7-16-12;/h4-5,9,12,16H,1-3,6-8H2;1H. The van der Waals surface area contributed by atoms with Gasteiger partial charge in [0.05, 0.1) is 6.04 Å². The lowest BCUT2D eigenvalue weighted by molar-refractivity contribution is -0.121. The Bertz CT molecular complexity index is 475. The zero-order valence-corrected chi connectivity index (χ0v) is 13.1. The first-order chi connectivity index (χ1) is 8.75. The minimum absolute atomic E-state index is 0. The van der Waals surface area contributed by atoms with Crippen molar-refractivity contribution in [3.05, 3.63) is 28.2 Å². The van der Waals surface area contributed by atoms with Crippen molar-refractivity contribution in [1.82, 2.24) is 5.32 Å². The van der Waals surface area contributed by atoms with Crippen molar-refractivity contribution in [1.29, 1.82) is 0 Å². The van der Waals surface area contributed by atoms with E-state index in [0.29, 0.717) is 0 Å². The molecule has 1 aromatic carbocycles. The van der Waals surface area contributed by atoms with Gasteiger partial charge < -0.3 is 10.2 Å². The van der Waals surface area contributed by atoms with Gasteiger partial charge in [-0.25, -0.2) is 0 Å². The SMILES string of the molecule is Cl.O=C(C1CCCCN1)N1CCc2ccc(Br)cc21. The van der Waals surface area contributed by atoms with Gasteiger partial charge in [-0.2, -0.15) is 0 Å². The molecule has 1 saturated heterocycles. The minimum Gasteiger partial charge on any atom is -0.310 e. The monoisotopic (exact) mass is 344 g/mol. The molecular formula is C14H18BrClN2O. The van der Waals surface area contributed by atoms with Crippen LogP contribution in [0.3, 0.4) is 0 Å². The van der Waals surface area contributed by atoms with Crippen LogP contribution < -0.4 is 10.2 Å². The average Bonchev–Trinajstić information content (AvgIpc) is 2.82. The summed E-state index contributed by atoms with van der Waals surface area (Å²) in [5.74, 6) is 0.242. The molecule has 0 spiro atoms. The highest BCUT2D eigenvalue weighted by Gasteiger charge is 2.30. The molecular weight excluding hydrogens is 328 g/mol. The van der Waals surface area contributed by atoms with Gasteiger partial charge in [0.15, 0.2) is 0 Å². The van der Waals surface area contributed by atoms with Crippen LogP contribution in [0.5, 0.6) is 0 Å². The minimum atomic E-state index is 0. The summed E-state index contributed by atoms with van der Waals surface area (Å²) in [6.45, 7) is 1.79. The Morgan fingerprint density at radius 1 is 1.37 bits per heavy atom. The Labute approximate surface area is 128 Å². The number of fused-ring (bicyclic) bond motifs is 1. The normalized spacial score (nSPS) is 21.7. The molecule has 1 atom stereocenters. The molecule has 3 nitrogen and oxygen atoms in total. The summed E-state index contributed by atoms with van der Waals surface area (Å²) in [7, 11) is 0. The van der Waals surface area contributed by atoms with Gasteiger partial charge in [-0.05, 0) is 43.5 Å². The molecule has 19 heavy (non-hydrogen) atoms. The number of carbonyl (C=O) groups is 1. The Hall–Kier alpha value is -0.580. The van der Waals surface area contributed by atoms with Crippen LogP contribution in [0.4, 0.5) is 5.69 Å². The van der Waals surface area contributed by atoms with Crippen LogP contribution in [0.25, 0.3) is 0 Å². The fourth-order valence-corrected chi connectivity index (χ4v) is 3.18. The van der Waals surface area contributed by atoms with Crippen LogP contribution in [-0.4, -0.2) is 25.0 Å².